The first kappa shape index (κ1) is 19.2. The van der Waals surface area contributed by atoms with Crippen molar-refractivity contribution in [2.24, 2.45) is 0 Å². The molecule has 0 saturated carbocycles. The Bertz CT molecular complexity index is 1280. The van der Waals surface area contributed by atoms with Gasteiger partial charge in [0.25, 0.3) is 0 Å². The summed E-state index contributed by atoms with van der Waals surface area (Å²) >= 11 is 0. The fourth-order valence-corrected chi connectivity index (χ4v) is 3.99. The summed E-state index contributed by atoms with van der Waals surface area (Å²) in [5, 5.41) is 11.9. The molecule has 1 amide bonds. The molecule has 1 aliphatic heterocycles. The number of piperidine rings is 1. The van der Waals surface area contributed by atoms with E-state index in [0.29, 0.717) is 41.3 Å². The van der Waals surface area contributed by atoms with E-state index in [1.165, 1.54) is 24.1 Å². The van der Waals surface area contributed by atoms with Crippen molar-refractivity contribution in [3.05, 3.63) is 36.7 Å². The molecule has 31 heavy (non-hydrogen) atoms. The number of fused-ring (bicyclic) bond motifs is 2. The zero-order chi connectivity index (χ0) is 21.5. The summed E-state index contributed by atoms with van der Waals surface area (Å²) in [6.07, 6.45) is 6.02. The fraction of sp³-hybridized carbons (Fsp3) is 0.350. The zero-order valence-electron chi connectivity index (χ0n) is 17.1. The summed E-state index contributed by atoms with van der Waals surface area (Å²) in [6.45, 7) is 2.94. The molecule has 0 aromatic carbocycles. The van der Waals surface area contributed by atoms with E-state index in [0.717, 1.165) is 12.8 Å². The van der Waals surface area contributed by atoms with Crippen molar-refractivity contribution < 1.29 is 13.9 Å². The van der Waals surface area contributed by atoms with Crippen molar-refractivity contribution in [3.63, 3.8) is 0 Å². The van der Waals surface area contributed by atoms with Crippen LogP contribution in [0.2, 0.25) is 0 Å². The Balaban J connectivity index is 1.49. The van der Waals surface area contributed by atoms with Gasteiger partial charge in [-0.3, -0.25) is 4.79 Å². The number of amides is 1. The second kappa shape index (κ2) is 7.49. The quantitative estimate of drug-likeness (QED) is 0.535. The maximum atomic E-state index is 15.0. The van der Waals surface area contributed by atoms with Crippen LogP contribution in [0.5, 0.6) is 5.88 Å². The first-order valence-electron chi connectivity index (χ1n) is 9.98. The van der Waals surface area contributed by atoms with E-state index in [4.69, 9.17) is 4.74 Å². The molecule has 0 bridgehead atoms. The highest BCUT2D eigenvalue weighted by atomic mass is 19.1. The third kappa shape index (κ3) is 3.41. The summed E-state index contributed by atoms with van der Waals surface area (Å²) in [6, 6.07) is 3.66. The lowest BCUT2D eigenvalue weighted by Gasteiger charge is -2.31. The number of pyridine rings is 1. The van der Waals surface area contributed by atoms with Crippen LogP contribution in [0, 0.1) is 5.82 Å². The van der Waals surface area contributed by atoms with Crippen molar-refractivity contribution in [2.45, 2.75) is 25.8 Å². The van der Waals surface area contributed by atoms with Crippen LogP contribution >= 0.6 is 0 Å². The van der Waals surface area contributed by atoms with Gasteiger partial charge in [0.05, 0.1) is 18.9 Å². The molecule has 5 rings (SSSR count). The van der Waals surface area contributed by atoms with E-state index in [9.17, 15) is 9.18 Å². The molecule has 4 aromatic heterocycles. The number of halogens is 1. The molecule has 10 nitrogen and oxygen atoms in total. The number of methoxy groups -OCH3 is 1. The number of nitrogens with one attached hydrogen (secondary N) is 1. The normalized spacial score (nSPS) is 15.0. The molecular weight excluding hydrogens is 403 g/mol. The molecule has 0 radical (unpaired) electrons. The predicted molar refractivity (Wildman–Crippen MR) is 110 cm³/mol. The van der Waals surface area contributed by atoms with Crippen LogP contribution in [0.1, 0.15) is 19.8 Å². The van der Waals surface area contributed by atoms with Crippen LogP contribution in [0.3, 0.4) is 0 Å². The van der Waals surface area contributed by atoms with Crippen molar-refractivity contribution >= 4 is 23.0 Å². The highest BCUT2D eigenvalue weighted by Gasteiger charge is 2.24. The monoisotopic (exact) mass is 424 g/mol. The van der Waals surface area contributed by atoms with Gasteiger partial charge in [-0.05, 0) is 25.0 Å². The molecular formula is C20H21FN8O2. The van der Waals surface area contributed by atoms with E-state index in [1.54, 1.807) is 29.8 Å². The molecule has 0 aliphatic carbocycles. The summed E-state index contributed by atoms with van der Waals surface area (Å²) in [4.78, 5) is 21.9. The van der Waals surface area contributed by atoms with Gasteiger partial charge in [-0.1, -0.05) is 0 Å². The van der Waals surface area contributed by atoms with E-state index >= 15 is 0 Å². The number of hydrogen-bond acceptors (Lipinski definition) is 7. The zero-order valence-corrected chi connectivity index (χ0v) is 17.1. The minimum Gasteiger partial charge on any atom is -0.479 e. The second-order valence-corrected chi connectivity index (χ2v) is 7.50. The number of rotatable bonds is 4. The van der Waals surface area contributed by atoms with Gasteiger partial charge in [-0.15, -0.1) is 5.10 Å². The summed E-state index contributed by atoms with van der Waals surface area (Å²) in [7, 11) is 1.49. The van der Waals surface area contributed by atoms with Gasteiger partial charge >= 0.3 is 0 Å². The molecule has 1 saturated heterocycles. The number of ether oxygens (including phenoxy) is 1. The van der Waals surface area contributed by atoms with Gasteiger partial charge in [-0.25, -0.2) is 18.4 Å². The number of carbonyl (C=O) groups excluding carboxylic acids is 1. The average molecular weight is 424 g/mol. The average Bonchev–Trinajstić information content (AvgIpc) is 3.36. The highest BCUT2D eigenvalue weighted by molar-refractivity contribution is 5.85. The van der Waals surface area contributed by atoms with Crippen LogP contribution in [0.25, 0.3) is 22.3 Å². The van der Waals surface area contributed by atoms with Gasteiger partial charge in [-0.2, -0.15) is 10.1 Å². The number of likely N-dealkylation sites (tertiary alicyclic amines) is 1. The molecule has 4 aromatic rings. The molecule has 1 aliphatic rings. The van der Waals surface area contributed by atoms with Crippen LogP contribution in [0.15, 0.2) is 30.9 Å². The van der Waals surface area contributed by atoms with Gasteiger partial charge in [0.2, 0.25) is 17.7 Å². The van der Waals surface area contributed by atoms with E-state index < -0.39 is 5.82 Å². The number of carbonyl (C=O) groups is 1. The Labute approximate surface area is 176 Å². The van der Waals surface area contributed by atoms with Crippen LogP contribution in [0.4, 0.5) is 10.3 Å². The van der Waals surface area contributed by atoms with Gasteiger partial charge < -0.3 is 15.0 Å². The number of aromatic nitrogens is 6. The standard InChI is InChI=1S/C20H21FN8O2/c1-12(30)27-7-5-14(6-8-27)24-20-25-19(31-2)18-17(15(21)10-29(18)26-20)13-3-4-16-22-11-23-28(16)9-13/h3-4,9-11,14H,5-8H2,1-2H3,(H,24,26). The lowest BCUT2D eigenvalue weighted by atomic mass is 10.1. The predicted octanol–water partition coefficient (Wildman–Crippen LogP) is 2.01. The van der Waals surface area contributed by atoms with Crippen molar-refractivity contribution in [2.75, 3.05) is 25.5 Å². The molecule has 0 unspecified atom stereocenters. The van der Waals surface area contributed by atoms with Gasteiger partial charge in [0, 0.05) is 37.8 Å². The summed E-state index contributed by atoms with van der Waals surface area (Å²) in [5.41, 5.74) is 2.03. The molecule has 5 heterocycles. The first-order valence-corrected chi connectivity index (χ1v) is 9.98. The Kier molecular flexibility index (Phi) is 4.64. The summed E-state index contributed by atoms with van der Waals surface area (Å²) in [5.74, 6) is 0.242. The third-order valence-corrected chi connectivity index (χ3v) is 5.58. The number of nitrogens with zero attached hydrogens (tertiary/aromatic N) is 7. The number of anilines is 1. The Morgan fingerprint density at radius 2 is 2.03 bits per heavy atom. The SMILES string of the molecule is COc1nc(NC2CCN(C(C)=O)CC2)nn2cc(F)c(-c3ccc4ncnn4c3)c12. The molecule has 0 atom stereocenters. The molecule has 1 N–H and O–H groups in total. The minimum absolute atomic E-state index is 0.0808. The van der Waals surface area contributed by atoms with Crippen molar-refractivity contribution in [1.82, 2.24) is 34.1 Å². The van der Waals surface area contributed by atoms with E-state index in [2.05, 4.69) is 25.5 Å². The van der Waals surface area contributed by atoms with Crippen molar-refractivity contribution in [3.8, 4) is 17.0 Å². The molecule has 160 valence electrons. The maximum Gasteiger partial charge on any atom is 0.244 e. The lowest BCUT2D eigenvalue weighted by molar-refractivity contribution is -0.129. The topological polar surface area (TPSA) is 102 Å². The number of hydrogen-bond donors (Lipinski definition) is 1. The second-order valence-electron chi connectivity index (χ2n) is 7.50. The van der Waals surface area contributed by atoms with Gasteiger partial charge in [0.15, 0.2) is 11.5 Å². The van der Waals surface area contributed by atoms with Crippen LogP contribution < -0.4 is 10.1 Å². The Hall–Kier alpha value is -3.76. The smallest absolute Gasteiger partial charge is 0.244 e. The Morgan fingerprint density at radius 1 is 1.23 bits per heavy atom. The fourth-order valence-electron chi connectivity index (χ4n) is 3.99. The van der Waals surface area contributed by atoms with Crippen molar-refractivity contribution in [1.29, 1.82) is 0 Å². The largest absolute Gasteiger partial charge is 0.479 e. The molecule has 1 fully saturated rings. The first-order chi connectivity index (χ1) is 15.0. The Morgan fingerprint density at radius 3 is 2.77 bits per heavy atom. The minimum atomic E-state index is -0.445. The van der Waals surface area contributed by atoms with Crippen LogP contribution in [-0.4, -0.2) is 66.2 Å². The summed E-state index contributed by atoms with van der Waals surface area (Å²) < 4.78 is 23.5. The molecule has 11 heteroatoms. The molecule has 0 spiro atoms. The maximum absolute atomic E-state index is 15.0. The lowest BCUT2D eigenvalue weighted by Crippen LogP contribution is -2.41. The van der Waals surface area contributed by atoms with Crippen LogP contribution in [-0.2, 0) is 4.79 Å². The highest BCUT2D eigenvalue weighted by Crippen LogP contribution is 2.34. The third-order valence-electron chi connectivity index (χ3n) is 5.58. The van der Waals surface area contributed by atoms with E-state index in [1.807, 2.05) is 4.90 Å². The van der Waals surface area contributed by atoms with Gasteiger partial charge in [0.1, 0.15) is 11.8 Å². The van der Waals surface area contributed by atoms with E-state index in [-0.39, 0.29) is 17.8 Å².